The summed E-state index contributed by atoms with van der Waals surface area (Å²) in [5.74, 6) is 1.29. The number of hydrogen-bond donors (Lipinski definition) is 2. The average molecular weight is 156 g/mol. The smallest absolute Gasteiger partial charge is 0.312 e. The number of carbonyl (C=O) groups is 1. The van der Waals surface area contributed by atoms with Crippen LogP contribution in [0.25, 0.3) is 0 Å². The van der Waals surface area contributed by atoms with Crippen molar-refractivity contribution in [1.29, 1.82) is 0 Å². The normalized spacial score (nSPS) is 37.1. The summed E-state index contributed by atoms with van der Waals surface area (Å²) in [6, 6.07) is -0.0848. The number of nitrogens with one attached hydrogen (secondary N) is 1. The zero-order valence-corrected chi connectivity index (χ0v) is 7.13. The molecule has 1 rings (SSSR count). The van der Waals surface area contributed by atoms with Gasteiger partial charge in [-0.1, -0.05) is 13.8 Å². The number of primary amides is 1. The third-order valence-corrected chi connectivity index (χ3v) is 2.79. The van der Waals surface area contributed by atoms with Crippen LogP contribution in [0.2, 0.25) is 0 Å². The Hall–Kier alpha value is -0.730. The highest BCUT2D eigenvalue weighted by molar-refractivity contribution is 5.72. The zero-order chi connectivity index (χ0) is 8.43. The first-order chi connectivity index (χ1) is 5.11. The molecular formula is C8H16N2O. The molecule has 2 amide bonds. The molecule has 3 nitrogen and oxygen atoms in total. The molecule has 0 aliphatic heterocycles. The molecule has 3 heteroatoms. The molecule has 3 N–H and O–H groups in total. The van der Waals surface area contributed by atoms with Gasteiger partial charge in [-0.15, -0.1) is 0 Å². The van der Waals surface area contributed by atoms with E-state index in [2.05, 4.69) is 19.2 Å². The largest absolute Gasteiger partial charge is 0.352 e. The van der Waals surface area contributed by atoms with Crippen molar-refractivity contribution in [2.45, 2.75) is 32.7 Å². The summed E-state index contributed by atoms with van der Waals surface area (Å²) >= 11 is 0. The van der Waals surface area contributed by atoms with Crippen LogP contribution in [-0.2, 0) is 0 Å². The molecular weight excluding hydrogens is 140 g/mol. The highest BCUT2D eigenvalue weighted by Crippen LogP contribution is 2.30. The van der Waals surface area contributed by atoms with Crippen LogP contribution in [0.15, 0.2) is 0 Å². The van der Waals surface area contributed by atoms with E-state index in [4.69, 9.17) is 5.73 Å². The van der Waals surface area contributed by atoms with Crippen LogP contribution in [0.1, 0.15) is 26.7 Å². The summed E-state index contributed by atoms with van der Waals surface area (Å²) in [4.78, 5) is 10.5. The van der Waals surface area contributed by atoms with Crippen molar-refractivity contribution >= 4 is 6.03 Å². The third-order valence-electron chi connectivity index (χ3n) is 2.79. The van der Waals surface area contributed by atoms with E-state index in [1.165, 1.54) is 6.42 Å². The van der Waals surface area contributed by atoms with Gasteiger partial charge in [0.25, 0.3) is 0 Å². The zero-order valence-electron chi connectivity index (χ0n) is 7.13. The van der Waals surface area contributed by atoms with E-state index in [0.717, 1.165) is 6.42 Å². The second kappa shape index (κ2) is 3.11. The average Bonchev–Trinajstić information content (AvgIpc) is 2.18. The number of carbonyl (C=O) groups excluding carboxylic acids is 1. The van der Waals surface area contributed by atoms with Crippen molar-refractivity contribution in [2.75, 3.05) is 0 Å². The highest BCUT2D eigenvalue weighted by Gasteiger charge is 2.29. The monoisotopic (exact) mass is 156 g/mol. The predicted molar refractivity (Wildman–Crippen MR) is 44.1 cm³/mol. The Bertz CT molecular complexity index is 158. The standard InChI is InChI=1S/C8H16N2O/c1-5-3-4-7(6(5)2)10-8(9)11/h5-7H,3-4H2,1-2H3,(H3,9,10,11). The van der Waals surface area contributed by atoms with E-state index in [1.54, 1.807) is 0 Å². The molecule has 0 aromatic rings. The van der Waals surface area contributed by atoms with Crippen molar-refractivity contribution < 1.29 is 4.79 Å². The summed E-state index contributed by atoms with van der Waals surface area (Å²) in [5, 5.41) is 2.76. The Kier molecular flexibility index (Phi) is 2.37. The number of hydrogen-bond acceptors (Lipinski definition) is 1. The van der Waals surface area contributed by atoms with Gasteiger partial charge in [-0.05, 0) is 24.7 Å². The molecule has 0 bridgehead atoms. The molecule has 11 heavy (non-hydrogen) atoms. The van der Waals surface area contributed by atoms with Crippen molar-refractivity contribution in [3.8, 4) is 0 Å². The fourth-order valence-corrected chi connectivity index (χ4v) is 1.75. The van der Waals surface area contributed by atoms with Crippen molar-refractivity contribution in [1.82, 2.24) is 5.32 Å². The lowest BCUT2D eigenvalue weighted by Crippen LogP contribution is -2.40. The summed E-state index contributed by atoms with van der Waals surface area (Å²) < 4.78 is 0. The second-order valence-corrected chi connectivity index (χ2v) is 3.53. The van der Waals surface area contributed by atoms with E-state index in [-0.39, 0.29) is 0 Å². The maximum Gasteiger partial charge on any atom is 0.312 e. The van der Waals surface area contributed by atoms with Gasteiger partial charge in [-0.3, -0.25) is 0 Å². The van der Waals surface area contributed by atoms with Crippen LogP contribution >= 0.6 is 0 Å². The lowest BCUT2D eigenvalue weighted by Gasteiger charge is -2.17. The fourth-order valence-electron chi connectivity index (χ4n) is 1.75. The first kappa shape index (κ1) is 8.37. The van der Waals surface area contributed by atoms with Crippen LogP contribution < -0.4 is 11.1 Å². The van der Waals surface area contributed by atoms with Gasteiger partial charge in [-0.2, -0.15) is 0 Å². The van der Waals surface area contributed by atoms with Crippen molar-refractivity contribution in [2.24, 2.45) is 17.6 Å². The molecule has 64 valence electrons. The molecule has 1 fully saturated rings. The number of nitrogens with two attached hydrogens (primary N) is 1. The highest BCUT2D eigenvalue weighted by atomic mass is 16.2. The molecule has 1 saturated carbocycles. The van der Waals surface area contributed by atoms with Gasteiger partial charge in [0.15, 0.2) is 0 Å². The van der Waals surface area contributed by atoms with Crippen LogP contribution in [0.5, 0.6) is 0 Å². The van der Waals surface area contributed by atoms with Crippen LogP contribution in [-0.4, -0.2) is 12.1 Å². The van der Waals surface area contributed by atoms with Gasteiger partial charge in [0, 0.05) is 6.04 Å². The Labute approximate surface area is 67.3 Å². The summed E-state index contributed by atoms with van der Waals surface area (Å²) in [5.41, 5.74) is 5.03. The molecule has 3 unspecified atom stereocenters. The Morgan fingerprint density at radius 1 is 1.45 bits per heavy atom. The minimum absolute atomic E-state index is 0.308. The Balaban J connectivity index is 2.42. The minimum Gasteiger partial charge on any atom is -0.352 e. The summed E-state index contributed by atoms with van der Waals surface area (Å²) in [6.45, 7) is 4.38. The molecule has 1 aliphatic carbocycles. The van der Waals surface area contributed by atoms with Gasteiger partial charge >= 0.3 is 6.03 Å². The van der Waals surface area contributed by atoms with Crippen LogP contribution in [0.4, 0.5) is 4.79 Å². The van der Waals surface area contributed by atoms with E-state index >= 15 is 0 Å². The van der Waals surface area contributed by atoms with Gasteiger partial charge in [0.2, 0.25) is 0 Å². The van der Waals surface area contributed by atoms with Crippen LogP contribution in [0, 0.1) is 11.8 Å². The molecule has 0 radical (unpaired) electrons. The van der Waals surface area contributed by atoms with Crippen molar-refractivity contribution in [3.63, 3.8) is 0 Å². The van der Waals surface area contributed by atoms with E-state index in [1.807, 2.05) is 0 Å². The lowest BCUT2D eigenvalue weighted by atomic mass is 9.98. The Morgan fingerprint density at radius 2 is 2.09 bits per heavy atom. The second-order valence-electron chi connectivity index (χ2n) is 3.53. The predicted octanol–water partition coefficient (Wildman–Crippen LogP) is 1.09. The van der Waals surface area contributed by atoms with E-state index < -0.39 is 6.03 Å². The maximum atomic E-state index is 10.5. The lowest BCUT2D eigenvalue weighted by molar-refractivity contribution is 0.241. The van der Waals surface area contributed by atoms with Crippen molar-refractivity contribution in [3.05, 3.63) is 0 Å². The first-order valence-corrected chi connectivity index (χ1v) is 4.17. The van der Waals surface area contributed by atoms with E-state index in [9.17, 15) is 4.79 Å². The van der Waals surface area contributed by atoms with Gasteiger partial charge in [-0.25, -0.2) is 4.79 Å². The maximum absolute atomic E-state index is 10.5. The number of amides is 2. The van der Waals surface area contributed by atoms with Gasteiger partial charge in [0.05, 0.1) is 0 Å². The molecule has 0 heterocycles. The molecule has 0 saturated heterocycles. The quantitative estimate of drug-likeness (QED) is 0.586. The number of urea groups is 1. The SMILES string of the molecule is CC1CCC(NC(N)=O)C1C. The molecule has 1 aliphatic rings. The molecule has 0 spiro atoms. The first-order valence-electron chi connectivity index (χ1n) is 4.17. The van der Waals surface area contributed by atoms with Gasteiger partial charge in [0.1, 0.15) is 0 Å². The molecule has 0 aromatic carbocycles. The minimum atomic E-state index is -0.393. The number of rotatable bonds is 1. The summed E-state index contributed by atoms with van der Waals surface area (Å²) in [6.07, 6.45) is 2.28. The topological polar surface area (TPSA) is 55.1 Å². The molecule has 3 atom stereocenters. The fraction of sp³-hybridized carbons (Fsp3) is 0.875. The third kappa shape index (κ3) is 1.85. The summed E-state index contributed by atoms with van der Waals surface area (Å²) in [7, 11) is 0. The van der Waals surface area contributed by atoms with Gasteiger partial charge < -0.3 is 11.1 Å². The van der Waals surface area contributed by atoms with E-state index in [0.29, 0.717) is 17.9 Å². The molecule has 0 aromatic heterocycles. The van der Waals surface area contributed by atoms with Crippen LogP contribution in [0.3, 0.4) is 0 Å². The Morgan fingerprint density at radius 3 is 2.45 bits per heavy atom.